The van der Waals surface area contributed by atoms with Crippen LogP contribution in [0.2, 0.25) is 0 Å². The Morgan fingerprint density at radius 1 is 1.33 bits per heavy atom. The zero-order chi connectivity index (χ0) is 15.0. The second-order valence-corrected chi connectivity index (χ2v) is 6.14. The molecule has 21 heavy (non-hydrogen) atoms. The van der Waals surface area contributed by atoms with E-state index in [2.05, 4.69) is 5.32 Å². The van der Waals surface area contributed by atoms with Crippen LogP contribution in [-0.2, 0) is 0 Å². The van der Waals surface area contributed by atoms with Gasteiger partial charge in [-0.1, -0.05) is 12.8 Å². The van der Waals surface area contributed by atoms with E-state index in [0.717, 1.165) is 25.7 Å². The fourth-order valence-electron chi connectivity index (χ4n) is 3.85. The number of aliphatic hydroxyl groups is 1. The van der Waals surface area contributed by atoms with Crippen LogP contribution in [0, 0.1) is 16.0 Å². The summed E-state index contributed by atoms with van der Waals surface area (Å²) in [4.78, 5) is 10.5. The summed E-state index contributed by atoms with van der Waals surface area (Å²) in [6.07, 6.45) is 4.40. The minimum atomic E-state index is -0.717. The van der Waals surface area contributed by atoms with Crippen molar-refractivity contribution in [3.8, 4) is 5.75 Å². The van der Waals surface area contributed by atoms with Gasteiger partial charge in [0, 0.05) is 29.7 Å². The van der Waals surface area contributed by atoms with Gasteiger partial charge in [-0.3, -0.25) is 10.1 Å². The molecule has 6 heteroatoms. The number of benzene rings is 1. The number of phenols is 1. The Kier molecular flexibility index (Phi) is 3.59. The van der Waals surface area contributed by atoms with Gasteiger partial charge in [-0.05, 0) is 31.9 Å². The maximum atomic E-state index is 10.9. The molecule has 1 aromatic rings. The molecule has 0 unspecified atom stereocenters. The second-order valence-electron chi connectivity index (χ2n) is 6.14. The highest BCUT2D eigenvalue weighted by Gasteiger charge is 2.46. The lowest BCUT2D eigenvalue weighted by Crippen LogP contribution is -2.53. The van der Waals surface area contributed by atoms with Gasteiger partial charge >= 0.3 is 0 Å². The van der Waals surface area contributed by atoms with E-state index in [1.54, 1.807) is 0 Å². The van der Waals surface area contributed by atoms with Crippen LogP contribution < -0.4 is 5.32 Å². The van der Waals surface area contributed by atoms with E-state index in [9.17, 15) is 20.3 Å². The number of hydrogen-bond donors (Lipinski definition) is 3. The Morgan fingerprint density at radius 2 is 2.14 bits per heavy atom. The van der Waals surface area contributed by atoms with Crippen molar-refractivity contribution in [1.82, 2.24) is 5.32 Å². The minimum Gasteiger partial charge on any atom is -0.508 e. The van der Waals surface area contributed by atoms with Crippen LogP contribution in [0.1, 0.15) is 43.7 Å². The largest absolute Gasteiger partial charge is 0.508 e. The summed E-state index contributed by atoms with van der Waals surface area (Å²) >= 11 is 0. The number of nitrogens with zero attached hydrogens (tertiary/aromatic N) is 1. The normalized spacial score (nSPS) is 32.4. The lowest BCUT2D eigenvalue weighted by molar-refractivity contribution is -0.385. The smallest absolute Gasteiger partial charge is 0.270 e. The second kappa shape index (κ2) is 5.27. The molecule has 3 atom stereocenters. The number of nitro benzene ring substituents is 1. The number of phenolic OH excluding ortho intramolecular Hbond substituents is 1. The summed E-state index contributed by atoms with van der Waals surface area (Å²) in [6, 6.07) is 3.86. The molecule has 0 spiro atoms. The van der Waals surface area contributed by atoms with Crippen LogP contribution >= 0.6 is 0 Å². The zero-order valence-corrected chi connectivity index (χ0v) is 11.8. The average molecular weight is 292 g/mol. The summed E-state index contributed by atoms with van der Waals surface area (Å²) in [6.45, 7) is 0.653. The van der Waals surface area contributed by atoms with Crippen molar-refractivity contribution in [3.05, 3.63) is 33.9 Å². The number of piperidine rings is 1. The maximum Gasteiger partial charge on any atom is 0.270 e. The molecule has 2 aliphatic rings. The molecule has 3 rings (SSSR count). The van der Waals surface area contributed by atoms with Gasteiger partial charge in [0.05, 0.1) is 10.5 Å². The summed E-state index contributed by atoms with van der Waals surface area (Å²) in [5.41, 5.74) is -0.227. The first-order valence-corrected chi connectivity index (χ1v) is 7.44. The third kappa shape index (κ3) is 2.49. The predicted molar refractivity (Wildman–Crippen MR) is 77.0 cm³/mol. The van der Waals surface area contributed by atoms with Crippen LogP contribution in [-0.4, -0.2) is 27.3 Å². The molecule has 1 saturated heterocycles. The summed E-state index contributed by atoms with van der Waals surface area (Å²) in [5, 5.41) is 35.2. The molecule has 1 saturated carbocycles. The van der Waals surface area contributed by atoms with Crippen molar-refractivity contribution in [2.24, 2.45) is 5.92 Å². The number of hydrogen-bond acceptors (Lipinski definition) is 5. The fraction of sp³-hybridized carbons (Fsp3) is 0.600. The number of nitrogens with one attached hydrogen (secondary N) is 1. The molecule has 1 aliphatic heterocycles. The molecule has 2 fully saturated rings. The lowest BCUT2D eigenvalue weighted by Gasteiger charge is -2.48. The van der Waals surface area contributed by atoms with Crippen molar-refractivity contribution in [3.63, 3.8) is 0 Å². The van der Waals surface area contributed by atoms with Gasteiger partial charge in [-0.15, -0.1) is 0 Å². The molecule has 114 valence electrons. The Morgan fingerprint density at radius 3 is 2.90 bits per heavy atom. The molecular formula is C15H20N2O4. The van der Waals surface area contributed by atoms with Gasteiger partial charge in [0.2, 0.25) is 0 Å². The molecule has 6 nitrogen and oxygen atoms in total. The average Bonchev–Trinajstić information content (AvgIpc) is 2.46. The van der Waals surface area contributed by atoms with Crippen molar-refractivity contribution in [1.29, 1.82) is 0 Å². The summed E-state index contributed by atoms with van der Waals surface area (Å²) < 4.78 is 0. The van der Waals surface area contributed by atoms with Crippen molar-refractivity contribution in [2.45, 2.75) is 43.7 Å². The van der Waals surface area contributed by atoms with Gasteiger partial charge in [-0.25, -0.2) is 0 Å². The van der Waals surface area contributed by atoms with Crippen LogP contribution in [0.25, 0.3) is 0 Å². The van der Waals surface area contributed by atoms with Gasteiger partial charge < -0.3 is 15.5 Å². The van der Waals surface area contributed by atoms with Crippen LogP contribution in [0.5, 0.6) is 5.75 Å². The Bertz CT molecular complexity index is 559. The van der Waals surface area contributed by atoms with E-state index >= 15 is 0 Å². The molecular weight excluding hydrogens is 272 g/mol. The van der Waals surface area contributed by atoms with Crippen molar-refractivity contribution < 1.29 is 15.1 Å². The first kappa shape index (κ1) is 14.3. The monoisotopic (exact) mass is 292 g/mol. The SMILES string of the molecule is O=[N+]([O-])c1ccc(O)c([C@@H]2NCC[C@@]3(O)CCCC[C@H]23)c1. The Balaban J connectivity index is 1.98. The lowest BCUT2D eigenvalue weighted by atomic mass is 9.66. The summed E-state index contributed by atoms with van der Waals surface area (Å²) in [7, 11) is 0. The Labute approximate surface area is 122 Å². The highest BCUT2D eigenvalue weighted by molar-refractivity contribution is 5.45. The zero-order valence-electron chi connectivity index (χ0n) is 11.8. The molecule has 1 aromatic carbocycles. The molecule has 1 aliphatic carbocycles. The van der Waals surface area contributed by atoms with Crippen molar-refractivity contribution >= 4 is 5.69 Å². The van der Waals surface area contributed by atoms with Crippen LogP contribution in [0.3, 0.4) is 0 Å². The highest BCUT2D eigenvalue weighted by atomic mass is 16.6. The number of fused-ring (bicyclic) bond motifs is 1. The number of nitro groups is 1. The third-order valence-corrected chi connectivity index (χ3v) is 4.95. The number of rotatable bonds is 2. The molecule has 0 amide bonds. The standard InChI is InChI=1S/C15H20N2O4/c18-13-5-4-10(17(20)21)9-11(13)14-12-3-1-2-6-15(12,19)7-8-16-14/h4-5,9,12,14,16,18-19H,1-3,6-8H2/t12-,14+,15+/m1/s1. The quantitative estimate of drug-likeness (QED) is 0.574. The predicted octanol–water partition coefficient (Wildman–Crippen LogP) is 2.26. The first-order valence-electron chi connectivity index (χ1n) is 7.44. The van der Waals surface area contributed by atoms with Gasteiger partial charge in [0.15, 0.2) is 0 Å². The fourth-order valence-corrected chi connectivity index (χ4v) is 3.85. The molecule has 0 bridgehead atoms. The van der Waals surface area contributed by atoms with E-state index in [-0.39, 0.29) is 23.4 Å². The van der Waals surface area contributed by atoms with Crippen LogP contribution in [0.15, 0.2) is 18.2 Å². The van der Waals surface area contributed by atoms with Gasteiger partial charge in [0.1, 0.15) is 5.75 Å². The highest BCUT2D eigenvalue weighted by Crippen LogP contribution is 2.47. The van der Waals surface area contributed by atoms with Gasteiger partial charge in [0.25, 0.3) is 5.69 Å². The van der Waals surface area contributed by atoms with Crippen molar-refractivity contribution in [2.75, 3.05) is 6.54 Å². The Hall–Kier alpha value is -1.66. The van der Waals surface area contributed by atoms with E-state index < -0.39 is 10.5 Å². The topological polar surface area (TPSA) is 95.6 Å². The minimum absolute atomic E-state index is 0.00657. The van der Waals surface area contributed by atoms with Crippen LogP contribution in [0.4, 0.5) is 5.69 Å². The molecule has 3 N–H and O–H groups in total. The van der Waals surface area contributed by atoms with E-state index in [1.807, 2.05) is 0 Å². The van der Waals surface area contributed by atoms with Gasteiger partial charge in [-0.2, -0.15) is 0 Å². The molecule has 1 heterocycles. The van der Waals surface area contributed by atoms with E-state index in [0.29, 0.717) is 18.5 Å². The number of non-ortho nitro benzene ring substituents is 1. The maximum absolute atomic E-state index is 10.9. The third-order valence-electron chi connectivity index (χ3n) is 4.95. The molecule has 0 aromatic heterocycles. The first-order chi connectivity index (χ1) is 10.0. The van der Waals surface area contributed by atoms with E-state index in [1.165, 1.54) is 18.2 Å². The number of aromatic hydroxyl groups is 1. The summed E-state index contributed by atoms with van der Waals surface area (Å²) in [5.74, 6) is 0.0424. The van der Waals surface area contributed by atoms with E-state index in [4.69, 9.17) is 0 Å². The molecule has 0 radical (unpaired) electrons.